The number of furan rings is 1. The molecule has 0 bridgehead atoms. The normalized spacial score (nSPS) is 16.2. The lowest BCUT2D eigenvalue weighted by atomic mass is 10.2. The zero-order valence-corrected chi connectivity index (χ0v) is 16.7. The Hall–Kier alpha value is -2.91. The van der Waals surface area contributed by atoms with Gasteiger partial charge in [-0.05, 0) is 38.0 Å². The Kier molecular flexibility index (Phi) is 5.01. The van der Waals surface area contributed by atoms with Crippen molar-refractivity contribution in [2.75, 3.05) is 18.4 Å². The summed E-state index contributed by atoms with van der Waals surface area (Å²) in [7, 11) is -3.84. The Bertz CT molecular complexity index is 1130. The number of hydrogen-bond acceptors (Lipinski definition) is 6. The molecule has 1 aliphatic rings. The summed E-state index contributed by atoms with van der Waals surface area (Å²) >= 11 is 0. The molecule has 1 aromatic heterocycles. The maximum absolute atomic E-state index is 13.1. The van der Waals surface area contributed by atoms with Gasteiger partial charge < -0.3 is 9.73 Å². The number of para-hydroxylation sites is 1. The van der Waals surface area contributed by atoms with E-state index in [9.17, 15) is 18.5 Å². The number of fused-ring (bicyclic) bond motifs is 1. The summed E-state index contributed by atoms with van der Waals surface area (Å²) in [6.07, 6.45) is 1.57. The van der Waals surface area contributed by atoms with Crippen LogP contribution < -0.4 is 5.32 Å². The maximum atomic E-state index is 13.1. The first-order valence-corrected chi connectivity index (χ1v) is 10.8. The second-order valence-corrected chi connectivity index (χ2v) is 9.01. The molecule has 152 valence electrons. The number of rotatable bonds is 6. The van der Waals surface area contributed by atoms with Crippen molar-refractivity contribution in [2.45, 2.75) is 30.7 Å². The third-order valence-electron chi connectivity index (χ3n) is 5.10. The number of nitrogens with zero attached hydrogens (tertiary/aromatic N) is 2. The largest absolute Gasteiger partial charge is 0.459 e. The van der Waals surface area contributed by atoms with Crippen molar-refractivity contribution in [1.29, 1.82) is 0 Å². The van der Waals surface area contributed by atoms with E-state index in [0.29, 0.717) is 24.5 Å². The lowest BCUT2D eigenvalue weighted by molar-refractivity contribution is -0.385. The van der Waals surface area contributed by atoms with Crippen molar-refractivity contribution in [2.24, 2.45) is 0 Å². The highest BCUT2D eigenvalue weighted by Gasteiger charge is 2.31. The quantitative estimate of drug-likeness (QED) is 0.475. The van der Waals surface area contributed by atoms with Crippen molar-refractivity contribution in [1.82, 2.24) is 4.31 Å². The highest BCUT2D eigenvalue weighted by molar-refractivity contribution is 7.89. The molecule has 1 aliphatic heterocycles. The molecule has 0 amide bonds. The Morgan fingerprint density at radius 3 is 2.55 bits per heavy atom. The molecule has 3 aromatic rings. The molecule has 1 atom stereocenters. The molecule has 4 rings (SSSR count). The van der Waals surface area contributed by atoms with E-state index in [1.54, 1.807) is 0 Å². The predicted octanol–water partition coefficient (Wildman–Crippen LogP) is 4.30. The Morgan fingerprint density at radius 2 is 1.86 bits per heavy atom. The van der Waals surface area contributed by atoms with Gasteiger partial charge in [-0.15, -0.1) is 0 Å². The molecular formula is C20H21N3O5S. The van der Waals surface area contributed by atoms with Gasteiger partial charge in [0.15, 0.2) is 0 Å². The number of sulfonamides is 1. The SMILES string of the molecule is C[C@@H](Nc1ccc([N+](=O)[O-])cc1S(=O)(=O)N1CCCC1)c1cc2ccccc2o1. The highest BCUT2D eigenvalue weighted by atomic mass is 32.2. The first-order chi connectivity index (χ1) is 13.9. The molecule has 0 radical (unpaired) electrons. The standard InChI is InChI=1S/C20H21N3O5S/c1-14(19-12-15-6-2-3-7-18(15)28-19)21-17-9-8-16(23(24)25)13-20(17)29(26,27)22-10-4-5-11-22/h2-3,6-9,12-14,21H,4-5,10-11H2,1H3/t14-/m1/s1. The molecule has 1 N–H and O–H groups in total. The number of anilines is 1. The van der Waals surface area contributed by atoms with E-state index in [1.807, 2.05) is 37.3 Å². The molecule has 9 heteroatoms. The van der Waals surface area contributed by atoms with Crippen LogP contribution in [0.3, 0.4) is 0 Å². The summed E-state index contributed by atoms with van der Waals surface area (Å²) in [6, 6.07) is 13.0. The zero-order chi connectivity index (χ0) is 20.6. The number of non-ortho nitro benzene ring substituents is 1. The predicted molar refractivity (Wildman–Crippen MR) is 109 cm³/mol. The summed E-state index contributed by atoms with van der Waals surface area (Å²) in [5, 5.41) is 15.3. The first-order valence-electron chi connectivity index (χ1n) is 9.40. The molecule has 0 spiro atoms. The van der Waals surface area contributed by atoms with Crippen LogP contribution in [0.4, 0.5) is 11.4 Å². The minimum absolute atomic E-state index is 0.0865. The number of benzene rings is 2. The van der Waals surface area contributed by atoms with Crippen LogP contribution in [0, 0.1) is 10.1 Å². The fourth-order valence-corrected chi connectivity index (χ4v) is 5.24. The summed E-state index contributed by atoms with van der Waals surface area (Å²) in [4.78, 5) is 10.5. The first kappa shape index (κ1) is 19.4. The molecule has 1 fully saturated rings. The van der Waals surface area contributed by atoms with Crippen LogP contribution in [0.15, 0.2) is 57.8 Å². The minimum atomic E-state index is -3.84. The summed E-state index contributed by atoms with van der Waals surface area (Å²) in [5.41, 5.74) is 0.796. The van der Waals surface area contributed by atoms with Crippen LogP contribution in [0.5, 0.6) is 0 Å². The molecule has 2 aromatic carbocycles. The fourth-order valence-electron chi connectivity index (χ4n) is 3.54. The van der Waals surface area contributed by atoms with Gasteiger partial charge in [-0.25, -0.2) is 8.42 Å². The van der Waals surface area contributed by atoms with Crippen LogP contribution in [0.1, 0.15) is 31.6 Å². The van der Waals surface area contributed by atoms with E-state index < -0.39 is 14.9 Å². The van der Waals surface area contributed by atoms with Gasteiger partial charge in [0.05, 0.1) is 16.7 Å². The molecule has 8 nitrogen and oxygen atoms in total. The molecule has 0 saturated carbocycles. The van der Waals surface area contributed by atoms with Gasteiger partial charge >= 0.3 is 0 Å². The number of nitro benzene ring substituents is 1. The van der Waals surface area contributed by atoms with E-state index in [1.165, 1.54) is 16.4 Å². The summed E-state index contributed by atoms with van der Waals surface area (Å²) < 4.78 is 33.5. The number of hydrogen-bond donors (Lipinski definition) is 1. The van der Waals surface area contributed by atoms with Gasteiger partial charge in [-0.2, -0.15) is 4.31 Å². The molecule has 1 saturated heterocycles. The summed E-state index contributed by atoms with van der Waals surface area (Å²) in [6.45, 7) is 2.69. The molecule has 0 unspecified atom stereocenters. The van der Waals surface area contributed by atoms with Gasteiger partial charge in [-0.3, -0.25) is 10.1 Å². The molecule has 0 aliphatic carbocycles. The number of nitro groups is 1. The van der Waals surface area contributed by atoms with Crippen LogP contribution in [0.25, 0.3) is 11.0 Å². The van der Waals surface area contributed by atoms with Gasteiger partial charge in [0.25, 0.3) is 5.69 Å². The third-order valence-corrected chi connectivity index (χ3v) is 7.04. The second-order valence-electron chi connectivity index (χ2n) is 7.10. The average molecular weight is 415 g/mol. The van der Waals surface area contributed by atoms with Crippen LogP contribution in [-0.2, 0) is 10.0 Å². The van der Waals surface area contributed by atoms with E-state index in [4.69, 9.17) is 4.42 Å². The Balaban J connectivity index is 1.71. The van der Waals surface area contributed by atoms with Crippen LogP contribution in [0.2, 0.25) is 0 Å². The Morgan fingerprint density at radius 1 is 1.14 bits per heavy atom. The third kappa shape index (κ3) is 3.70. The minimum Gasteiger partial charge on any atom is -0.459 e. The molecule has 2 heterocycles. The van der Waals surface area contributed by atoms with E-state index in [-0.39, 0.29) is 16.6 Å². The highest BCUT2D eigenvalue weighted by Crippen LogP contribution is 2.33. The lowest BCUT2D eigenvalue weighted by Gasteiger charge is -2.20. The molecular weight excluding hydrogens is 394 g/mol. The van der Waals surface area contributed by atoms with Crippen molar-refractivity contribution < 1.29 is 17.8 Å². The maximum Gasteiger partial charge on any atom is 0.270 e. The van der Waals surface area contributed by atoms with Gasteiger partial charge in [0.2, 0.25) is 10.0 Å². The average Bonchev–Trinajstić information content (AvgIpc) is 3.38. The van der Waals surface area contributed by atoms with Crippen molar-refractivity contribution in [3.8, 4) is 0 Å². The van der Waals surface area contributed by atoms with Gasteiger partial charge in [0, 0.05) is 30.6 Å². The van der Waals surface area contributed by atoms with E-state index in [2.05, 4.69) is 5.32 Å². The van der Waals surface area contributed by atoms with Crippen LogP contribution in [-0.4, -0.2) is 30.7 Å². The Labute approximate surface area is 168 Å². The van der Waals surface area contributed by atoms with E-state index >= 15 is 0 Å². The lowest BCUT2D eigenvalue weighted by Crippen LogP contribution is -2.28. The smallest absolute Gasteiger partial charge is 0.270 e. The summed E-state index contributed by atoms with van der Waals surface area (Å²) in [5.74, 6) is 0.647. The van der Waals surface area contributed by atoms with Crippen molar-refractivity contribution >= 4 is 32.4 Å². The van der Waals surface area contributed by atoms with Gasteiger partial charge in [0.1, 0.15) is 16.2 Å². The van der Waals surface area contributed by atoms with Crippen LogP contribution >= 0.6 is 0 Å². The number of nitrogens with one attached hydrogen (secondary N) is 1. The topological polar surface area (TPSA) is 106 Å². The van der Waals surface area contributed by atoms with Gasteiger partial charge in [-0.1, -0.05) is 18.2 Å². The molecule has 29 heavy (non-hydrogen) atoms. The fraction of sp³-hybridized carbons (Fsp3) is 0.300. The van der Waals surface area contributed by atoms with Crippen molar-refractivity contribution in [3.63, 3.8) is 0 Å². The monoisotopic (exact) mass is 415 g/mol. The van der Waals surface area contributed by atoms with Crippen molar-refractivity contribution in [3.05, 3.63) is 64.4 Å². The second kappa shape index (κ2) is 7.49. The van der Waals surface area contributed by atoms with E-state index in [0.717, 1.165) is 29.9 Å². The zero-order valence-electron chi connectivity index (χ0n) is 15.9.